The van der Waals surface area contributed by atoms with Crippen LogP contribution >= 0.6 is 0 Å². The van der Waals surface area contributed by atoms with Gasteiger partial charge in [0.05, 0.1) is 13.2 Å². The Hall–Kier alpha value is -3.78. The molecule has 5 nitrogen and oxygen atoms in total. The fourth-order valence-corrected chi connectivity index (χ4v) is 3.00. The molecule has 0 aliphatic carbocycles. The Morgan fingerprint density at radius 1 is 1.00 bits per heavy atom. The maximum Gasteiger partial charge on any atom is 0.266 e. The zero-order chi connectivity index (χ0) is 20.6. The van der Waals surface area contributed by atoms with Crippen molar-refractivity contribution in [2.45, 2.75) is 13.8 Å². The second kappa shape index (κ2) is 9.43. The van der Waals surface area contributed by atoms with Crippen LogP contribution < -0.4 is 14.8 Å². The predicted molar refractivity (Wildman–Crippen MR) is 115 cm³/mol. The van der Waals surface area contributed by atoms with Crippen LogP contribution in [0.5, 0.6) is 11.5 Å². The third-order valence-electron chi connectivity index (χ3n) is 4.28. The molecule has 0 unspecified atom stereocenters. The van der Waals surface area contributed by atoms with Gasteiger partial charge in [-0.1, -0.05) is 42.5 Å². The molecule has 0 radical (unpaired) electrons. The molecule has 1 N–H and O–H groups in total. The van der Waals surface area contributed by atoms with Crippen LogP contribution in [0.4, 0.5) is 5.69 Å². The Morgan fingerprint density at radius 3 is 2.48 bits per heavy atom. The van der Waals surface area contributed by atoms with Crippen LogP contribution in [0.1, 0.15) is 19.4 Å². The number of anilines is 1. The second-order valence-electron chi connectivity index (χ2n) is 6.22. The molecule has 0 spiro atoms. The van der Waals surface area contributed by atoms with Crippen molar-refractivity contribution in [3.05, 3.63) is 71.8 Å². The van der Waals surface area contributed by atoms with Gasteiger partial charge >= 0.3 is 0 Å². The molecule has 3 aromatic carbocycles. The number of rotatable bonds is 7. The Labute approximate surface area is 170 Å². The highest BCUT2D eigenvalue weighted by Crippen LogP contribution is 2.29. The van der Waals surface area contributed by atoms with Gasteiger partial charge in [0.25, 0.3) is 5.91 Å². The van der Waals surface area contributed by atoms with E-state index in [0.717, 1.165) is 10.8 Å². The van der Waals surface area contributed by atoms with E-state index in [4.69, 9.17) is 9.47 Å². The highest BCUT2D eigenvalue weighted by molar-refractivity contribution is 6.12. The normalized spacial score (nSPS) is 11.0. The molecule has 0 saturated carbocycles. The van der Waals surface area contributed by atoms with Gasteiger partial charge in [-0.05, 0) is 49.1 Å². The number of nitriles is 1. The minimum Gasteiger partial charge on any atom is -0.490 e. The third-order valence-corrected chi connectivity index (χ3v) is 4.28. The van der Waals surface area contributed by atoms with E-state index in [1.165, 1.54) is 0 Å². The molecule has 0 bridgehead atoms. The lowest BCUT2D eigenvalue weighted by Gasteiger charge is -2.11. The van der Waals surface area contributed by atoms with Gasteiger partial charge in [0.2, 0.25) is 0 Å². The molecule has 0 aromatic heterocycles. The average molecular weight is 386 g/mol. The van der Waals surface area contributed by atoms with Crippen molar-refractivity contribution >= 4 is 28.4 Å². The van der Waals surface area contributed by atoms with Gasteiger partial charge in [-0.25, -0.2) is 0 Å². The van der Waals surface area contributed by atoms with Crippen molar-refractivity contribution in [2.75, 3.05) is 18.5 Å². The summed E-state index contributed by atoms with van der Waals surface area (Å²) in [5.74, 6) is 0.746. The quantitative estimate of drug-likeness (QED) is 0.448. The maximum absolute atomic E-state index is 12.7. The van der Waals surface area contributed by atoms with Crippen molar-refractivity contribution in [2.24, 2.45) is 0 Å². The molecule has 0 fully saturated rings. The molecule has 29 heavy (non-hydrogen) atoms. The van der Waals surface area contributed by atoms with Gasteiger partial charge in [0.1, 0.15) is 11.6 Å². The van der Waals surface area contributed by atoms with Gasteiger partial charge in [-0.3, -0.25) is 4.79 Å². The number of nitrogens with one attached hydrogen (secondary N) is 1. The molecule has 0 atom stereocenters. The molecular formula is C24H22N2O3. The Morgan fingerprint density at radius 2 is 1.72 bits per heavy atom. The molecule has 0 saturated heterocycles. The number of hydrogen-bond acceptors (Lipinski definition) is 4. The van der Waals surface area contributed by atoms with E-state index in [0.29, 0.717) is 36.0 Å². The molecule has 3 rings (SSSR count). The van der Waals surface area contributed by atoms with E-state index in [9.17, 15) is 10.1 Å². The first kappa shape index (κ1) is 20.0. The molecule has 5 heteroatoms. The van der Waals surface area contributed by atoms with Crippen LogP contribution in [-0.2, 0) is 4.79 Å². The molecule has 0 aliphatic rings. The van der Waals surface area contributed by atoms with Crippen molar-refractivity contribution in [3.8, 4) is 17.6 Å². The fraction of sp³-hybridized carbons (Fsp3) is 0.167. The number of fused-ring (bicyclic) bond motifs is 1. The van der Waals surface area contributed by atoms with Crippen molar-refractivity contribution in [3.63, 3.8) is 0 Å². The smallest absolute Gasteiger partial charge is 0.266 e. The summed E-state index contributed by atoms with van der Waals surface area (Å²) in [4.78, 5) is 12.7. The summed E-state index contributed by atoms with van der Waals surface area (Å²) in [6.07, 6.45) is 1.54. The second-order valence-corrected chi connectivity index (χ2v) is 6.22. The van der Waals surface area contributed by atoms with Crippen LogP contribution in [0.3, 0.4) is 0 Å². The van der Waals surface area contributed by atoms with Crippen LogP contribution in [0, 0.1) is 11.3 Å². The van der Waals surface area contributed by atoms with Gasteiger partial charge in [0.15, 0.2) is 11.5 Å². The SMILES string of the molecule is CCOc1ccc(C=C(C#N)C(=O)Nc2cccc3ccccc23)cc1OCC. The van der Waals surface area contributed by atoms with Crippen molar-refractivity contribution < 1.29 is 14.3 Å². The first-order chi connectivity index (χ1) is 14.2. The van der Waals surface area contributed by atoms with Gasteiger partial charge in [-0.15, -0.1) is 0 Å². The minimum absolute atomic E-state index is 0.00421. The summed E-state index contributed by atoms with van der Waals surface area (Å²) in [7, 11) is 0. The Kier molecular flexibility index (Phi) is 6.49. The zero-order valence-electron chi connectivity index (χ0n) is 16.4. The van der Waals surface area contributed by atoms with Crippen LogP contribution in [-0.4, -0.2) is 19.1 Å². The van der Waals surface area contributed by atoms with Crippen LogP contribution in [0.2, 0.25) is 0 Å². The number of carbonyl (C=O) groups is 1. The van der Waals surface area contributed by atoms with Crippen LogP contribution in [0.15, 0.2) is 66.2 Å². The van der Waals surface area contributed by atoms with Crippen molar-refractivity contribution in [1.82, 2.24) is 0 Å². The monoisotopic (exact) mass is 386 g/mol. The summed E-state index contributed by atoms with van der Waals surface area (Å²) in [6.45, 7) is 4.79. The molecule has 1 amide bonds. The average Bonchev–Trinajstić information content (AvgIpc) is 2.74. The van der Waals surface area contributed by atoms with E-state index in [2.05, 4.69) is 5.32 Å². The highest BCUT2D eigenvalue weighted by atomic mass is 16.5. The number of hydrogen-bond donors (Lipinski definition) is 1. The fourth-order valence-electron chi connectivity index (χ4n) is 3.00. The third kappa shape index (κ3) is 4.74. The summed E-state index contributed by atoms with van der Waals surface area (Å²) >= 11 is 0. The lowest BCUT2D eigenvalue weighted by Crippen LogP contribution is -2.13. The molecule has 0 heterocycles. The van der Waals surface area contributed by atoms with Gasteiger partial charge < -0.3 is 14.8 Å². The first-order valence-corrected chi connectivity index (χ1v) is 9.46. The highest BCUT2D eigenvalue weighted by Gasteiger charge is 2.12. The minimum atomic E-state index is -0.462. The Balaban J connectivity index is 1.88. The number of nitrogens with zero attached hydrogens (tertiary/aromatic N) is 1. The lowest BCUT2D eigenvalue weighted by molar-refractivity contribution is -0.112. The van der Waals surface area contributed by atoms with E-state index < -0.39 is 5.91 Å². The number of benzene rings is 3. The first-order valence-electron chi connectivity index (χ1n) is 9.46. The van der Waals surface area contributed by atoms with E-state index in [1.54, 1.807) is 24.3 Å². The molecule has 3 aromatic rings. The number of carbonyl (C=O) groups excluding carboxylic acids is 1. The van der Waals surface area contributed by atoms with E-state index in [-0.39, 0.29) is 5.57 Å². The topological polar surface area (TPSA) is 71.3 Å². The summed E-state index contributed by atoms with van der Waals surface area (Å²) in [5, 5.41) is 14.3. The maximum atomic E-state index is 12.7. The lowest BCUT2D eigenvalue weighted by atomic mass is 10.1. The predicted octanol–water partition coefficient (Wildman–Crippen LogP) is 5.18. The van der Waals surface area contributed by atoms with Crippen molar-refractivity contribution in [1.29, 1.82) is 5.26 Å². The largest absolute Gasteiger partial charge is 0.490 e. The Bertz CT molecular complexity index is 1090. The van der Waals surface area contributed by atoms with Crippen LogP contribution in [0.25, 0.3) is 16.8 Å². The summed E-state index contributed by atoms with van der Waals surface area (Å²) in [5.41, 5.74) is 1.35. The van der Waals surface area contributed by atoms with Gasteiger partial charge in [0, 0.05) is 11.1 Å². The number of ether oxygens (including phenoxy) is 2. The molecule has 146 valence electrons. The molecule has 0 aliphatic heterocycles. The number of amides is 1. The standard InChI is InChI=1S/C24H22N2O3/c1-3-28-22-13-12-17(15-23(22)29-4-2)14-19(16-25)24(27)26-21-11-7-9-18-8-5-6-10-20(18)21/h5-15H,3-4H2,1-2H3,(H,26,27). The van der Waals surface area contributed by atoms with E-state index in [1.807, 2.05) is 62.4 Å². The molecular weight excluding hydrogens is 364 g/mol. The van der Waals surface area contributed by atoms with E-state index >= 15 is 0 Å². The summed E-state index contributed by atoms with van der Waals surface area (Å²) < 4.78 is 11.2. The summed E-state index contributed by atoms with van der Waals surface area (Å²) in [6, 6.07) is 20.7. The van der Waals surface area contributed by atoms with Gasteiger partial charge in [-0.2, -0.15) is 5.26 Å². The zero-order valence-corrected chi connectivity index (χ0v) is 16.4.